The van der Waals surface area contributed by atoms with E-state index >= 15 is 0 Å². The van der Waals surface area contributed by atoms with Crippen LogP contribution in [0, 0.1) is 0 Å². The largest absolute Gasteiger partial charge is 0.167 e. The van der Waals surface area contributed by atoms with E-state index < -0.39 is 10.0 Å². The first-order valence-corrected chi connectivity index (χ1v) is 9.53. The van der Waals surface area contributed by atoms with Crippen molar-refractivity contribution < 1.29 is 0 Å². The molecule has 0 fully saturated rings. The molecule has 2 aromatic rings. The quantitative estimate of drug-likeness (QED) is 0.618. The van der Waals surface area contributed by atoms with Gasteiger partial charge < -0.3 is 0 Å². The summed E-state index contributed by atoms with van der Waals surface area (Å²) in [6.45, 7) is 9.14. The highest BCUT2D eigenvalue weighted by Crippen LogP contribution is 2.67. The van der Waals surface area contributed by atoms with E-state index in [1.165, 1.54) is 26.7 Å². The Morgan fingerprint density at radius 3 is 2.19 bits per heavy atom. The summed E-state index contributed by atoms with van der Waals surface area (Å²) in [6.07, 6.45) is 2.31. The Morgan fingerprint density at radius 1 is 0.905 bits per heavy atom. The molecule has 0 bridgehead atoms. The number of fused-ring (bicyclic) bond motifs is 1. The molecule has 0 aromatic heterocycles. The second-order valence-corrected chi connectivity index (χ2v) is 10.0. The molecule has 0 saturated heterocycles. The molecule has 2 aromatic carbocycles. The molecular formula is C20H24S. The van der Waals surface area contributed by atoms with Gasteiger partial charge in [-0.15, -0.1) is 0 Å². The Labute approximate surface area is 130 Å². The van der Waals surface area contributed by atoms with E-state index in [9.17, 15) is 0 Å². The summed E-state index contributed by atoms with van der Waals surface area (Å²) in [5, 5.41) is 2.46. The predicted molar refractivity (Wildman–Crippen MR) is 95.3 cm³/mol. The number of hydrogen-bond donors (Lipinski definition) is 0. The van der Waals surface area contributed by atoms with Crippen LogP contribution in [0.5, 0.6) is 0 Å². The lowest BCUT2D eigenvalue weighted by molar-refractivity contribution is 0.589. The van der Waals surface area contributed by atoms with Crippen molar-refractivity contribution in [3.8, 4) is 0 Å². The lowest BCUT2D eigenvalue weighted by atomic mass is 9.87. The zero-order chi connectivity index (χ0) is 15.1. The van der Waals surface area contributed by atoms with Crippen LogP contribution in [0.3, 0.4) is 0 Å². The number of hydrogen-bond acceptors (Lipinski definition) is 0. The van der Waals surface area contributed by atoms with Crippen LogP contribution in [-0.2, 0) is 5.41 Å². The molecule has 110 valence electrons. The normalized spacial score (nSPS) is 23.6. The van der Waals surface area contributed by atoms with Gasteiger partial charge in [-0.05, 0) is 56.9 Å². The van der Waals surface area contributed by atoms with Crippen LogP contribution in [0.4, 0.5) is 0 Å². The van der Waals surface area contributed by atoms with E-state index in [1.54, 1.807) is 0 Å². The fourth-order valence-corrected chi connectivity index (χ4v) is 6.31. The molecule has 0 N–H and O–H groups in total. The van der Waals surface area contributed by atoms with Gasteiger partial charge in [-0.1, -0.05) is 58.0 Å². The van der Waals surface area contributed by atoms with Crippen molar-refractivity contribution in [1.29, 1.82) is 0 Å². The van der Waals surface area contributed by atoms with Crippen molar-refractivity contribution in [2.24, 2.45) is 0 Å². The van der Waals surface area contributed by atoms with E-state index in [2.05, 4.69) is 87.7 Å². The molecule has 1 aliphatic rings. The van der Waals surface area contributed by atoms with Gasteiger partial charge in [0.05, 0.1) is 0 Å². The maximum Gasteiger partial charge on any atom is 0.00491 e. The first-order chi connectivity index (χ1) is 9.97. The van der Waals surface area contributed by atoms with Crippen molar-refractivity contribution in [2.45, 2.75) is 42.9 Å². The fourth-order valence-electron chi connectivity index (χ4n) is 3.03. The number of rotatable bonds is 2. The Hall–Kier alpha value is -1.47. The van der Waals surface area contributed by atoms with Gasteiger partial charge >= 0.3 is 0 Å². The molecule has 0 spiro atoms. The van der Waals surface area contributed by atoms with E-state index in [0.29, 0.717) is 0 Å². The van der Waals surface area contributed by atoms with E-state index in [0.717, 1.165) is 0 Å². The number of benzene rings is 2. The van der Waals surface area contributed by atoms with Gasteiger partial charge in [0.25, 0.3) is 0 Å². The van der Waals surface area contributed by atoms with Gasteiger partial charge in [0.15, 0.2) is 0 Å². The van der Waals surface area contributed by atoms with Gasteiger partial charge in [-0.2, -0.15) is 10.0 Å². The molecule has 0 aliphatic carbocycles. The monoisotopic (exact) mass is 296 g/mol. The highest BCUT2D eigenvalue weighted by Gasteiger charge is 2.30. The summed E-state index contributed by atoms with van der Waals surface area (Å²) in [4.78, 5) is 3.01. The minimum absolute atomic E-state index is 0.219. The molecular weight excluding hydrogens is 272 g/mol. The summed E-state index contributed by atoms with van der Waals surface area (Å²) in [6, 6.07) is 18.2. The highest BCUT2D eigenvalue weighted by molar-refractivity contribution is 8.36. The molecule has 0 nitrogen and oxygen atoms in total. The minimum Gasteiger partial charge on any atom is -0.167 e. The van der Waals surface area contributed by atoms with Crippen molar-refractivity contribution >= 4 is 16.1 Å². The van der Waals surface area contributed by atoms with Gasteiger partial charge in [0.1, 0.15) is 0 Å². The summed E-state index contributed by atoms with van der Waals surface area (Å²) in [5.41, 5.74) is 3.03. The predicted octanol–water partition coefficient (Wildman–Crippen LogP) is 6.21. The second kappa shape index (κ2) is 5.06. The topological polar surface area (TPSA) is 0 Å². The summed E-state index contributed by atoms with van der Waals surface area (Å²) < 4.78 is 0. The van der Waals surface area contributed by atoms with Crippen LogP contribution < -0.4 is 0 Å². The maximum absolute atomic E-state index is 2.46. The molecule has 1 aliphatic heterocycles. The van der Waals surface area contributed by atoms with Gasteiger partial charge in [0.2, 0.25) is 0 Å². The molecule has 0 radical (unpaired) electrons. The lowest BCUT2D eigenvalue weighted by Gasteiger charge is -2.35. The average Bonchev–Trinajstić information content (AvgIpc) is 2.86. The van der Waals surface area contributed by atoms with Crippen molar-refractivity contribution in [1.82, 2.24) is 0 Å². The molecule has 21 heavy (non-hydrogen) atoms. The first kappa shape index (κ1) is 14.5. The molecule has 1 atom stereocenters. The van der Waals surface area contributed by atoms with Gasteiger partial charge in [-0.25, -0.2) is 0 Å². The molecule has 0 amide bonds. The standard InChI is InChI=1S/C20H24S/c1-5-21(15-14-16-8-6-7-9-19(16)21)18-12-10-17(11-13-18)20(2,3)4/h6-15H,5H2,1-4H3. The lowest BCUT2D eigenvalue weighted by Crippen LogP contribution is -2.11. The molecule has 1 heterocycles. The van der Waals surface area contributed by atoms with Crippen LogP contribution in [0.25, 0.3) is 6.08 Å². The maximum atomic E-state index is 2.46. The smallest absolute Gasteiger partial charge is 0.00491 e. The summed E-state index contributed by atoms with van der Waals surface area (Å²) in [5.74, 6) is 1.18. The Balaban J connectivity index is 2.08. The third-order valence-corrected chi connectivity index (χ3v) is 8.17. The minimum atomic E-state index is -0.980. The third kappa shape index (κ3) is 2.34. The van der Waals surface area contributed by atoms with Crippen molar-refractivity contribution in [3.05, 3.63) is 65.1 Å². The van der Waals surface area contributed by atoms with Crippen molar-refractivity contribution in [2.75, 3.05) is 5.75 Å². The SMILES string of the molecule is CCS1(c2ccc(C(C)(C)C)cc2)C=Cc2ccccc21. The Morgan fingerprint density at radius 2 is 1.57 bits per heavy atom. The zero-order valence-electron chi connectivity index (χ0n) is 13.4. The molecule has 1 unspecified atom stereocenters. The summed E-state index contributed by atoms with van der Waals surface area (Å²) >= 11 is 0. The van der Waals surface area contributed by atoms with Crippen LogP contribution >= 0.6 is 10.0 Å². The van der Waals surface area contributed by atoms with E-state index in [-0.39, 0.29) is 5.41 Å². The van der Waals surface area contributed by atoms with Gasteiger partial charge in [-0.3, -0.25) is 0 Å². The van der Waals surface area contributed by atoms with Crippen LogP contribution in [0.1, 0.15) is 38.8 Å². The van der Waals surface area contributed by atoms with Crippen LogP contribution in [-0.4, -0.2) is 5.75 Å². The Kier molecular flexibility index (Phi) is 3.49. The van der Waals surface area contributed by atoms with E-state index in [4.69, 9.17) is 0 Å². The van der Waals surface area contributed by atoms with E-state index in [1.807, 2.05) is 0 Å². The molecule has 1 heteroatoms. The molecule has 0 saturated carbocycles. The second-order valence-electron chi connectivity index (χ2n) is 6.70. The average molecular weight is 296 g/mol. The van der Waals surface area contributed by atoms with Gasteiger partial charge in [0, 0.05) is 4.90 Å². The Bertz CT molecular complexity index is 674. The highest BCUT2D eigenvalue weighted by atomic mass is 32.3. The fraction of sp³-hybridized carbons (Fsp3) is 0.300. The first-order valence-electron chi connectivity index (χ1n) is 7.66. The summed E-state index contributed by atoms with van der Waals surface area (Å²) in [7, 11) is -0.980. The van der Waals surface area contributed by atoms with Crippen LogP contribution in [0.2, 0.25) is 0 Å². The van der Waals surface area contributed by atoms with Crippen LogP contribution in [0.15, 0.2) is 63.7 Å². The third-order valence-electron chi connectivity index (χ3n) is 4.39. The zero-order valence-corrected chi connectivity index (χ0v) is 14.2. The van der Waals surface area contributed by atoms with Crippen molar-refractivity contribution in [3.63, 3.8) is 0 Å². The molecule has 3 rings (SSSR count).